The Balaban J connectivity index is 1.94. The second-order valence-corrected chi connectivity index (χ2v) is 7.42. The zero-order valence-electron chi connectivity index (χ0n) is 15.9. The van der Waals surface area contributed by atoms with Gasteiger partial charge in [-0.15, -0.1) is 0 Å². The fraction of sp³-hybridized carbons (Fsp3) is 0.857. The average molecular weight is 339 g/mol. The zero-order valence-corrected chi connectivity index (χ0v) is 15.9. The van der Waals surface area contributed by atoms with Crippen LogP contribution in [0.4, 0.5) is 0 Å². The maximum absolute atomic E-state index is 12.0. The van der Waals surface area contributed by atoms with E-state index in [4.69, 9.17) is 9.84 Å². The quantitative estimate of drug-likeness (QED) is 0.389. The fourth-order valence-corrected chi connectivity index (χ4v) is 3.38. The summed E-state index contributed by atoms with van der Waals surface area (Å²) in [5, 5.41) is 8.94. The van der Waals surface area contributed by atoms with Gasteiger partial charge in [-0.1, -0.05) is 77.6 Å². The molecule has 0 aromatic heterocycles. The maximum atomic E-state index is 12.0. The van der Waals surface area contributed by atoms with Gasteiger partial charge in [0.25, 0.3) is 0 Å². The van der Waals surface area contributed by atoms with E-state index in [9.17, 15) is 4.79 Å². The van der Waals surface area contributed by atoms with Gasteiger partial charge in [-0.25, -0.2) is 0 Å². The maximum Gasteiger partial charge on any atom is 0.202 e. The summed E-state index contributed by atoms with van der Waals surface area (Å²) in [6, 6.07) is 0. The molecule has 1 heterocycles. The molecule has 3 nitrogen and oxygen atoms in total. The minimum absolute atomic E-state index is 0.0355. The van der Waals surface area contributed by atoms with Crippen LogP contribution in [0.25, 0.3) is 0 Å². The Labute approximate surface area is 148 Å². The Morgan fingerprint density at radius 1 is 0.917 bits per heavy atom. The molecule has 0 aromatic carbocycles. The largest absolute Gasteiger partial charge is 0.484 e. The van der Waals surface area contributed by atoms with Crippen molar-refractivity contribution in [3.8, 4) is 0 Å². The SMILES string of the molecule is CCCCCCCCCCCCCCC1(C)OC(CCO)=CC1=O. The molecule has 0 saturated heterocycles. The Kier molecular flexibility index (Phi) is 11.1. The second kappa shape index (κ2) is 12.5. The van der Waals surface area contributed by atoms with E-state index in [1.54, 1.807) is 6.08 Å². The van der Waals surface area contributed by atoms with Gasteiger partial charge in [0.15, 0.2) is 5.60 Å². The van der Waals surface area contributed by atoms with Crippen LogP contribution in [-0.4, -0.2) is 23.1 Å². The van der Waals surface area contributed by atoms with Gasteiger partial charge in [0.05, 0.1) is 6.61 Å². The molecule has 0 fully saturated rings. The highest BCUT2D eigenvalue weighted by Gasteiger charge is 2.38. The first kappa shape index (κ1) is 21.2. The first-order valence-electron chi connectivity index (χ1n) is 10.2. The van der Waals surface area contributed by atoms with Gasteiger partial charge in [0, 0.05) is 12.5 Å². The van der Waals surface area contributed by atoms with Crippen LogP contribution >= 0.6 is 0 Å². The van der Waals surface area contributed by atoms with E-state index < -0.39 is 5.60 Å². The van der Waals surface area contributed by atoms with Crippen molar-refractivity contribution in [3.05, 3.63) is 11.8 Å². The second-order valence-electron chi connectivity index (χ2n) is 7.42. The number of hydrogen-bond donors (Lipinski definition) is 1. The minimum atomic E-state index is -0.678. The summed E-state index contributed by atoms with van der Waals surface area (Å²) in [5.74, 6) is 0.706. The number of carbonyl (C=O) groups is 1. The molecule has 0 radical (unpaired) electrons. The van der Waals surface area contributed by atoms with Gasteiger partial charge in [0.2, 0.25) is 5.78 Å². The number of aliphatic hydroxyl groups excluding tert-OH is 1. The Morgan fingerprint density at radius 3 is 1.92 bits per heavy atom. The van der Waals surface area contributed by atoms with Crippen molar-refractivity contribution in [3.63, 3.8) is 0 Å². The molecule has 0 spiro atoms. The molecule has 0 aromatic rings. The van der Waals surface area contributed by atoms with Crippen LogP contribution in [0.5, 0.6) is 0 Å². The van der Waals surface area contributed by atoms with Gasteiger partial charge in [-0.2, -0.15) is 0 Å². The normalized spacial score (nSPS) is 20.3. The number of rotatable bonds is 15. The molecular weight excluding hydrogens is 300 g/mol. The van der Waals surface area contributed by atoms with Gasteiger partial charge in [0.1, 0.15) is 5.76 Å². The van der Waals surface area contributed by atoms with E-state index in [2.05, 4.69) is 6.92 Å². The van der Waals surface area contributed by atoms with Crippen molar-refractivity contribution in [1.29, 1.82) is 0 Å². The number of ether oxygens (including phenoxy) is 1. The third-order valence-electron chi connectivity index (χ3n) is 5.04. The molecule has 1 atom stereocenters. The monoisotopic (exact) mass is 338 g/mol. The lowest BCUT2D eigenvalue weighted by Crippen LogP contribution is -2.32. The van der Waals surface area contributed by atoms with Crippen LogP contribution < -0.4 is 0 Å². The molecule has 0 aliphatic carbocycles. The van der Waals surface area contributed by atoms with Crippen LogP contribution in [0, 0.1) is 0 Å². The lowest BCUT2D eigenvalue weighted by atomic mass is 9.94. The van der Waals surface area contributed by atoms with Crippen LogP contribution in [0.2, 0.25) is 0 Å². The average Bonchev–Trinajstić information content (AvgIpc) is 2.83. The molecule has 1 aliphatic heterocycles. The van der Waals surface area contributed by atoms with Crippen molar-refractivity contribution in [2.75, 3.05) is 6.61 Å². The number of hydrogen-bond acceptors (Lipinski definition) is 3. The highest BCUT2D eigenvalue weighted by molar-refractivity contribution is 5.99. The molecule has 0 amide bonds. The van der Waals surface area contributed by atoms with Crippen molar-refractivity contribution in [2.24, 2.45) is 0 Å². The summed E-state index contributed by atoms with van der Waals surface area (Å²) in [6.45, 7) is 4.18. The highest BCUT2D eigenvalue weighted by Crippen LogP contribution is 2.31. The fourth-order valence-electron chi connectivity index (χ4n) is 3.38. The Bertz CT molecular complexity index is 375. The predicted molar refractivity (Wildman–Crippen MR) is 100.0 cm³/mol. The summed E-state index contributed by atoms with van der Waals surface area (Å²) in [5.41, 5.74) is -0.678. The van der Waals surface area contributed by atoms with Gasteiger partial charge < -0.3 is 9.84 Å². The molecule has 1 rings (SSSR count). The van der Waals surface area contributed by atoms with Gasteiger partial charge in [-0.05, 0) is 19.8 Å². The highest BCUT2D eigenvalue weighted by atomic mass is 16.5. The third-order valence-corrected chi connectivity index (χ3v) is 5.04. The van der Waals surface area contributed by atoms with Crippen molar-refractivity contribution < 1.29 is 14.6 Å². The van der Waals surface area contributed by atoms with E-state index in [1.807, 2.05) is 6.92 Å². The topological polar surface area (TPSA) is 46.5 Å². The first-order valence-corrected chi connectivity index (χ1v) is 10.2. The Morgan fingerprint density at radius 2 is 1.42 bits per heavy atom. The first-order chi connectivity index (χ1) is 11.6. The van der Waals surface area contributed by atoms with Crippen molar-refractivity contribution in [2.45, 2.75) is 109 Å². The molecule has 3 heteroatoms. The summed E-state index contributed by atoms with van der Waals surface area (Å²) in [4.78, 5) is 12.0. The molecule has 1 aliphatic rings. The summed E-state index contributed by atoms with van der Waals surface area (Å²) in [6.07, 6.45) is 18.6. The third kappa shape index (κ3) is 8.32. The number of unbranched alkanes of at least 4 members (excludes halogenated alkanes) is 11. The molecule has 140 valence electrons. The smallest absolute Gasteiger partial charge is 0.202 e. The van der Waals surface area contributed by atoms with E-state index in [-0.39, 0.29) is 12.4 Å². The summed E-state index contributed by atoms with van der Waals surface area (Å²) in [7, 11) is 0. The van der Waals surface area contributed by atoms with Crippen LogP contribution in [0.1, 0.15) is 104 Å². The van der Waals surface area contributed by atoms with Crippen LogP contribution in [-0.2, 0) is 9.53 Å². The number of aliphatic hydroxyl groups is 1. The van der Waals surface area contributed by atoms with Gasteiger partial charge >= 0.3 is 0 Å². The number of ketones is 1. The minimum Gasteiger partial charge on any atom is -0.484 e. The zero-order chi connectivity index (χ0) is 17.7. The molecule has 1 unspecified atom stereocenters. The number of carbonyl (C=O) groups excluding carboxylic acids is 1. The summed E-state index contributed by atoms with van der Waals surface area (Å²) >= 11 is 0. The lowest BCUT2D eigenvalue weighted by Gasteiger charge is -2.23. The predicted octanol–water partition coefficient (Wildman–Crippen LogP) is 5.70. The molecule has 0 saturated carbocycles. The molecular formula is C21H38O3. The lowest BCUT2D eigenvalue weighted by molar-refractivity contribution is -0.129. The van der Waals surface area contributed by atoms with Crippen LogP contribution in [0.3, 0.4) is 0 Å². The molecule has 24 heavy (non-hydrogen) atoms. The van der Waals surface area contributed by atoms with E-state index in [0.717, 1.165) is 12.8 Å². The van der Waals surface area contributed by atoms with E-state index in [1.165, 1.54) is 70.6 Å². The van der Waals surface area contributed by atoms with Crippen LogP contribution in [0.15, 0.2) is 11.8 Å². The molecule has 0 bridgehead atoms. The van der Waals surface area contributed by atoms with E-state index in [0.29, 0.717) is 12.2 Å². The van der Waals surface area contributed by atoms with Crippen molar-refractivity contribution >= 4 is 5.78 Å². The van der Waals surface area contributed by atoms with Gasteiger partial charge in [-0.3, -0.25) is 4.79 Å². The standard InChI is InChI=1S/C21H38O3/c1-3-4-5-6-7-8-9-10-11-12-13-14-16-21(2)20(23)18-19(24-21)15-17-22/h18,22H,3-17H2,1-2H3. The summed E-state index contributed by atoms with van der Waals surface area (Å²) < 4.78 is 5.75. The van der Waals surface area contributed by atoms with E-state index >= 15 is 0 Å². The molecule has 1 N–H and O–H groups in total. The van der Waals surface area contributed by atoms with Crippen molar-refractivity contribution in [1.82, 2.24) is 0 Å². The Hall–Kier alpha value is -0.830.